The molecule has 0 saturated carbocycles. The molecule has 21 heavy (non-hydrogen) atoms. The first kappa shape index (κ1) is 14.9. The summed E-state index contributed by atoms with van der Waals surface area (Å²) in [5.74, 6) is -0.395. The van der Waals surface area contributed by atoms with E-state index < -0.39 is 10.8 Å². The van der Waals surface area contributed by atoms with Gasteiger partial charge >= 0.3 is 0 Å². The SMILES string of the molecule is CCc1nc(NC(=O)c2ccc([N+](=O)[O-])c(N)c2)sc1C. The van der Waals surface area contributed by atoms with Gasteiger partial charge in [-0.05, 0) is 25.5 Å². The molecule has 0 aliphatic heterocycles. The maximum Gasteiger partial charge on any atom is 0.292 e. The van der Waals surface area contributed by atoms with Crippen molar-refractivity contribution >= 4 is 33.8 Å². The van der Waals surface area contributed by atoms with E-state index in [0.717, 1.165) is 17.0 Å². The van der Waals surface area contributed by atoms with E-state index >= 15 is 0 Å². The molecule has 0 atom stereocenters. The summed E-state index contributed by atoms with van der Waals surface area (Å²) in [4.78, 5) is 27.5. The number of aryl methyl sites for hydroxylation is 2. The van der Waals surface area contributed by atoms with Crippen molar-refractivity contribution in [1.29, 1.82) is 0 Å². The van der Waals surface area contributed by atoms with Gasteiger partial charge in [0.25, 0.3) is 11.6 Å². The van der Waals surface area contributed by atoms with Crippen molar-refractivity contribution in [3.8, 4) is 0 Å². The third-order valence-corrected chi connectivity index (χ3v) is 3.86. The largest absolute Gasteiger partial charge is 0.393 e. The second-order valence-electron chi connectivity index (χ2n) is 4.36. The number of thiazole rings is 1. The molecule has 0 bridgehead atoms. The highest BCUT2D eigenvalue weighted by Gasteiger charge is 2.16. The van der Waals surface area contributed by atoms with Crippen LogP contribution in [0.4, 0.5) is 16.5 Å². The molecule has 1 aromatic heterocycles. The van der Waals surface area contributed by atoms with Crippen molar-refractivity contribution in [2.45, 2.75) is 20.3 Å². The van der Waals surface area contributed by atoms with E-state index in [9.17, 15) is 14.9 Å². The van der Waals surface area contributed by atoms with Gasteiger partial charge in [-0.3, -0.25) is 20.2 Å². The summed E-state index contributed by atoms with van der Waals surface area (Å²) >= 11 is 1.39. The number of hydrogen-bond acceptors (Lipinski definition) is 6. The van der Waals surface area contributed by atoms with Gasteiger partial charge in [-0.15, -0.1) is 11.3 Å². The second-order valence-corrected chi connectivity index (χ2v) is 5.56. The lowest BCUT2D eigenvalue weighted by Crippen LogP contribution is -2.12. The number of carbonyl (C=O) groups excluding carboxylic acids is 1. The van der Waals surface area contributed by atoms with Gasteiger partial charge < -0.3 is 5.73 Å². The van der Waals surface area contributed by atoms with Crippen LogP contribution in [0.3, 0.4) is 0 Å². The van der Waals surface area contributed by atoms with Crippen molar-refractivity contribution in [1.82, 2.24) is 4.98 Å². The highest BCUT2D eigenvalue weighted by molar-refractivity contribution is 7.15. The first-order valence-electron chi connectivity index (χ1n) is 6.24. The molecule has 2 rings (SSSR count). The maximum absolute atomic E-state index is 12.1. The Balaban J connectivity index is 2.20. The predicted molar refractivity (Wildman–Crippen MR) is 81.7 cm³/mol. The van der Waals surface area contributed by atoms with Gasteiger partial charge in [0.15, 0.2) is 5.13 Å². The number of aromatic nitrogens is 1. The number of nitrogens with two attached hydrogens (primary N) is 1. The van der Waals surface area contributed by atoms with E-state index in [2.05, 4.69) is 10.3 Å². The Kier molecular flexibility index (Phi) is 4.18. The highest BCUT2D eigenvalue weighted by Crippen LogP contribution is 2.25. The van der Waals surface area contributed by atoms with Crippen LogP contribution in [0, 0.1) is 17.0 Å². The van der Waals surface area contributed by atoms with E-state index in [0.29, 0.717) is 5.13 Å². The number of amides is 1. The van der Waals surface area contributed by atoms with Crippen LogP contribution in [0.1, 0.15) is 27.9 Å². The molecule has 0 unspecified atom stereocenters. The van der Waals surface area contributed by atoms with E-state index in [-0.39, 0.29) is 16.9 Å². The van der Waals surface area contributed by atoms with Crippen LogP contribution in [0.15, 0.2) is 18.2 Å². The lowest BCUT2D eigenvalue weighted by Gasteiger charge is -2.03. The van der Waals surface area contributed by atoms with E-state index in [1.54, 1.807) is 0 Å². The Morgan fingerprint density at radius 2 is 2.24 bits per heavy atom. The van der Waals surface area contributed by atoms with Crippen LogP contribution < -0.4 is 11.1 Å². The highest BCUT2D eigenvalue weighted by atomic mass is 32.1. The quantitative estimate of drug-likeness (QED) is 0.512. The molecule has 0 radical (unpaired) electrons. The van der Waals surface area contributed by atoms with Gasteiger partial charge in [0.05, 0.1) is 10.6 Å². The summed E-state index contributed by atoms with van der Waals surface area (Å²) in [7, 11) is 0. The number of carbonyl (C=O) groups is 1. The van der Waals surface area contributed by atoms with Crippen LogP contribution in [0.5, 0.6) is 0 Å². The summed E-state index contributed by atoms with van der Waals surface area (Å²) in [6.45, 7) is 3.93. The van der Waals surface area contributed by atoms with E-state index in [1.807, 2.05) is 13.8 Å². The number of nitro benzene ring substituents is 1. The van der Waals surface area contributed by atoms with Crippen molar-refractivity contribution in [3.63, 3.8) is 0 Å². The van der Waals surface area contributed by atoms with Crippen LogP contribution in [-0.4, -0.2) is 15.8 Å². The third kappa shape index (κ3) is 3.16. The van der Waals surface area contributed by atoms with Crippen LogP contribution in [0.25, 0.3) is 0 Å². The predicted octanol–water partition coefficient (Wildman–Crippen LogP) is 2.76. The van der Waals surface area contributed by atoms with Gasteiger partial charge in [-0.1, -0.05) is 6.92 Å². The number of anilines is 2. The number of hydrogen-bond donors (Lipinski definition) is 2. The number of nitrogen functional groups attached to an aromatic ring is 1. The number of nitro groups is 1. The van der Waals surface area contributed by atoms with Crippen LogP contribution in [0.2, 0.25) is 0 Å². The van der Waals surface area contributed by atoms with Crippen molar-refractivity contribution in [2.75, 3.05) is 11.1 Å². The van der Waals surface area contributed by atoms with Gasteiger partial charge in [-0.25, -0.2) is 4.98 Å². The summed E-state index contributed by atoms with van der Waals surface area (Å²) in [5, 5.41) is 13.9. The first-order valence-corrected chi connectivity index (χ1v) is 7.05. The topological polar surface area (TPSA) is 111 Å². The first-order chi connectivity index (χ1) is 9.92. The van der Waals surface area contributed by atoms with Gasteiger partial charge in [0.2, 0.25) is 0 Å². The summed E-state index contributed by atoms with van der Waals surface area (Å²) in [6.07, 6.45) is 0.794. The molecule has 0 aliphatic carbocycles. The molecule has 0 saturated heterocycles. The lowest BCUT2D eigenvalue weighted by molar-refractivity contribution is -0.383. The molecule has 0 fully saturated rings. The van der Waals surface area contributed by atoms with Crippen molar-refractivity contribution in [2.24, 2.45) is 0 Å². The minimum Gasteiger partial charge on any atom is -0.393 e. The number of benzene rings is 1. The molecule has 110 valence electrons. The molecule has 8 heteroatoms. The third-order valence-electron chi connectivity index (χ3n) is 2.93. The van der Waals surface area contributed by atoms with Crippen molar-refractivity contribution < 1.29 is 9.72 Å². The van der Waals surface area contributed by atoms with Gasteiger partial charge in [0.1, 0.15) is 5.69 Å². The molecule has 0 aliphatic rings. The zero-order valence-corrected chi connectivity index (χ0v) is 12.4. The molecule has 0 spiro atoms. The Morgan fingerprint density at radius 3 is 2.76 bits per heavy atom. The Labute approximate surface area is 125 Å². The zero-order chi connectivity index (χ0) is 15.6. The fraction of sp³-hybridized carbons (Fsp3) is 0.231. The molecule has 7 nitrogen and oxygen atoms in total. The number of nitrogens with one attached hydrogen (secondary N) is 1. The lowest BCUT2D eigenvalue weighted by atomic mass is 10.1. The van der Waals surface area contributed by atoms with Crippen LogP contribution >= 0.6 is 11.3 Å². The molecule has 1 amide bonds. The van der Waals surface area contributed by atoms with E-state index in [4.69, 9.17) is 5.73 Å². The second kappa shape index (κ2) is 5.88. The summed E-state index contributed by atoms with van der Waals surface area (Å²) in [5.41, 5.74) is 6.50. The minimum absolute atomic E-state index is 0.0442. The van der Waals surface area contributed by atoms with Gasteiger partial charge in [-0.2, -0.15) is 0 Å². The normalized spacial score (nSPS) is 10.4. The number of rotatable bonds is 4. The Bertz CT molecular complexity index is 711. The fourth-order valence-corrected chi connectivity index (χ4v) is 2.74. The summed E-state index contributed by atoms with van der Waals surface area (Å²) < 4.78 is 0. The minimum atomic E-state index is -0.589. The standard InChI is InChI=1S/C13H14N4O3S/c1-3-10-7(2)21-13(15-10)16-12(18)8-4-5-11(17(19)20)9(14)6-8/h4-6H,3,14H2,1-2H3,(H,15,16,18). The van der Waals surface area contributed by atoms with Crippen molar-refractivity contribution in [3.05, 3.63) is 44.4 Å². The molecular formula is C13H14N4O3S. The maximum atomic E-state index is 12.1. The Hall–Kier alpha value is -2.48. The van der Waals surface area contributed by atoms with E-state index in [1.165, 1.54) is 29.5 Å². The monoisotopic (exact) mass is 306 g/mol. The molecule has 1 heterocycles. The van der Waals surface area contributed by atoms with Crippen LogP contribution in [-0.2, 0) is 6.42 Å². The smallest absolute Gasteiger partial charge is 0.292 e. The molecule has 2 aromatic rings. The molecule has 1 aromatic carbocycles. The fourth-order valence-electron chi connectivity index (χ4n) is 1.84. The average molecular weight is 306 g/mol. The average Bonchev–Trinajstić information content (AvgIpc) is 2.78. The molecular weight excluding hydrogens is 292 g/mol. The Morgan fingerprint density at radius 1 is 1.52 bits per heavy atom. The number of nitrogens with zero attached hydrogens (tertiary/aromatic N) is 2. The summed E-state index contributed by atoms with van der Waals surface area (Å²) in [6, 6.07) is 3.87. The zero-order valence-electron chi connectivity index (χ0n) is 11.5. The van der Waals surface area contributed by atoms with Gasteiger partial charge in [0, 0.05) is 16.5 Å². The molecule has 3 N–H and O–H groups in total.